The minimum absolute atomic E-state index is 0.00214. The van der Waals surface area contributed by atoms with Crippen LogP contribution in [0.25, 0.3) is 11.2 Å². The number of hydrogen-bond acceptors (Lipinski definition) is 17. The fourth-order valence-electron chi connectivity index (χ4n) is 4.81. The van der Waals surface area contributed by atoms with Gasteiger partial charge in [-0.3, -0.25) is 18.1 Å². The molecule has 10 atom stereocenters. The van der Waals surface area contributed by atoms with Gasteiger partial charge in [-0.25, -0.2) is 33.4 Å². The molecule has 0 amide bonds. The van der Waals surface area contributed by atoms with Crippen molar-refractivity contribution in [2.75, 3.05) is 18.9 Å². The average molecular weight is 745 g/mol. The van der Waals surface area contributed by atoms with Gasteiger partial charge in [0.1, 0.15) is 47.9 Å². The van der Waals surface area contributed by atoms with Gasteiger partial charge in [-0.1, -0.05) is 0 Å². The van der Waals surface area contributed by atoms with E-state index >= 15 is 0 Å². The second-order valence-electron chi connectivity index (χ2n) is 10.2. The van der Waals surface area contributed by atoms with Crippen LogP contribution in [0.2, 0.25) is 0 Å². The van der Waals surface area contributed by atoms with Crippen LogP contribution < -0.4 is 10.3 Å². The highest BCUT2D eigenvalue weighted by Crippen LogP contribution is 2.61. The summed E-state index contributed by atoms with van der Waals surface area (Å²) in [5, 5.41) is 40.6. The molecule has 2 aliphatic rings. The lowest BCUT2D eigenvalue weighted by atomic mass is 10.1. The molecule has 3 aromatic rings. The van der Waals surface area contributed by atoms with E-state index < -0.39 is 91.7 Å². The first kappa shape index (κ1) is 36.4. The van der Waals surface area contributed by atoms with Gasteiger partial charge in [0.15, 0.2) is 36.2 Å². The number of aliphatic hydroxyl groups is 3. The Bertz CT molecular complexity index is 1810. The van der Waals surface area contributed by atoms with Gasteiger partial charge < -0.3 is 55.2 Å². The third kappa shape index (κ3) is 8.12. The second-order valence-corrected chi connectivity index (χ2v) is 14.4. The first-order valence-corrected chi connectivity index (χ1v) is 17.8. The number of ether oxygens (including phenoxy) is 2. The van der Waals surface area contributed by atoms with Crippen molar-refractivity contribution in [3.05, 3.63) is 42.7 Å². The maximum absolute atomic E-state index is 12.6. The van der Waals surface area contributed by atoms with Crippen molar-refractivity contribution in [2.45, 2.75) is 49.1 Å². The number of imidazole rings is 1. The van der Waals surface area contributed by atoms with Crippen LogP contribution in [0.1, 0.15) is 22.8 Å². The molecular weight excluding hydrogens is 717 g/mol. The van der Waals surface area contributed by atoms with Gasteiger partial charge in [-0.05, 0) is 6.07 Å². The Morgan fingerprint density at radius 3 is 2.23 bits per heavy atom. The van der Waals surface area contributed by atoms with E-state index in [1.54, 1.807) is 0 Å². The number of fused-ring (bicyclic) bond motifs is 1. The van der Waals surface area contributed by atoms with Crippen molar-refractivity contribution in [3.8, 4) is 0 Å². The molecule has 3 unspecified atom stereocenters. The molecule has 3 aromatic heterocycles. The number of carbonyl (C=O) groups is 1. The van der Waals surface area contributed by atoms with Gasteiger partial charge >= 0.3 is 29.4 Å². The van der Waals surface area contributed by atoms with E-state index in [4.69, 9.17) is 15.2 Å². The molecule has 0 saturated carbocycles. The Kier molecular flexibility index (Phi) is 10.5. The van der Waals surface area contributed by atoms with E-state index in [1.807, 2.05) is 0 Å². The number of phosphoric acid groups is 3. The number of aromatic nitrogens is 5. The lowest BCUT2D eigenvalue weighted by Gasteiger charge is -2.22. The van der Waals surface area contributed by atoms with Crippen LogP contribution in [0.15, 0.2) is 37.2 Å². The summed E-state index contributed by atoms with van der Waals surface area (Å²) < 4.78 is 68.2. The number of anilines is 1. The normalized spacial score (nSPS) is 30.3. The molecule has 5 rings (SSSR count). The smallest absolute Gasteiger partial charge is 0.477 e. The highest BCUT2D eigenvalue weighted by molar-refractivity contribution is 7.61. The van der Waals surface area contributed by atoms with Crippen molar-refractivity contribution in [2.24, 2.45) is 0 Å². The number of rotatable bonds is 13. The number of pyridine rings is 1. The number of nitrogens with two attached hydrogens (primary N) is 1. The zero-order valence-corrected chi connectivity index (χ0v) is 26.5. The first-order valence-electron chi connectivity index (χ1n) is 13.3. The fraction of sp³-hybridized carbons (Fsp3) is 0.476. The third-order valence-corrected chi connectivity index (χ3v) is 10.1. The second kappa shape index (κ2) is 13.8. The quantitative estimate of drug-likeness (QED) is 0.0656. The van der Waals surface area contributed by atoms with E-state index in [9.17, 15) is 58.5 Å². The highest BCUT2D eigenvalue weighted by Gasteiger charge is 2.51. The van der Waals surface area contributed by atoms with Crippen LogP contribution in [0.5, 0.6) is 0 Å². The number of aliphatic hydroxyl groups excluding tert-OH is 3. The maximum atomic E-state index is 12.6. The van der Waals surface area contributed by atoms with Crippen LogP contribution in [-0.4, -0.2) is 115 Å². The summed E-state index contributed by atoms with van der Waals surface area (Å²) in [7, 11) is -16.3. The number of nitrogens with zero attached hydrogens (tertiary/aromatic N) is 5. The summed E-state index contributed by atoms with van der Waals surface area (Å²) in [5.74, 6) is -1.35. The molecule has 0 aromatic carbocycles. The molecule has 0 aliphatic carbocycles. The summed E-state index contributed by atoms with van der Waals surface area (Å²) in [5.41, 5.74) is 5.63. The van der Waals surface area contributed by atoms with Gasteiger partial charge in [-0.2, -0.15) is 8.88 Å². The van der Waals surface area contributed by atoms with Gasteiger partial charge in [0.05, 0.1) is 19.5 Å². The molecule has 10 N–H and O–H groups in total. The summed E-state index contributed by atoms with van der Waals surface area (Å²) in [6, 6.07) is 2.58. The Hall–Kier alpha value is -2.86. The molecule has 5 heterocycles. The van der Waals surface area contributed by atoms with Crippen LogP contribution >= 0.6 is 23.5 Å². The van der Waals surface area contributed by atoms with Crippen LogP contribution in [-0.2, 0) is 41.1 Å². The molecule has 48 heavy (non-hydrogen) atoms. The molecule has 27 heteroatoms. The molecule has 264 valence electrons. The predicted molar refractivity (Wildman–Crippen MR) is 149 cm³/mol. The molecule has 2 fully saturated rings. The molecule has 2 saturated heterocycles. The monoisotopic (exact) mass is 745 g/mol. The number of aromatic carboxylic acids is 1. The average Bonchev–Trinajstić information content (AvgIpc) is 3.64. The van der Waals surface area contributed by atoms with Gasteiger partial charge in [0.2, 0.25) is 0 Å². The van der Waals surface area contributed by atoms with E-state index in [0.29, 0.717) is 0 Å². The predicted octanol–water partition coefficient (Wildman–Crippen LogP) is -2.30. The van der Waals surface area contributed by atoms with Crippen molar-refractivity contribution in [3.63, 3.8) is 0 Å². The molecule has 0 bridgehead atoms. The van der Waals surface area contributed by atoms with E-state index in [1.165, 1.54) is 18.3 Å². The lowest BCUT2D eigenvalue weighted by molar-refractivity contribution is -0.765. The van der Waals surface area contributed by atoms with Crippen molar-refractivity contribution in [1.82, 2.24) is 19.5 Å². The summed E-state index contributed by atoms with van der Waals surface area (Å²) in [6.07, 6.45) is -8.76. The Labute approximate surface area is 267 Å². The zero-order valence-electron chi connectivity index (χ0n) is 23.8. The van der Waals surface area contributed by atoms with E-state index in [2.05, 4.69) is 32.8 Å². The van der Waals surface area contributed by atoms with Crippen LogP contribution in [0.4, 0.5) is 5.82 Å². The van der Waals surface area contributed by atoms with E-state index in [-0.39, 0.29) is 22.5 Å². The van der Waals surface area contributed by atoms with Crippen molar-refractivity contribution < 1.29 is 90.4 Å². The molecule has 0 radical (unpaired) electrons. The molecule has 24 nitrogen and oxygen atoms in total. The first-order chi connectivity index (χ1) is 22.4. The van der Waals surface area contributed by atoms with Gasteiger partial charge in [0, 0.05) is 6.07 Å². The van der Waals surface area contributed by atoms with Crippen LogP contribution in [0, 0.1) is 0 Å². The van der Waals surface area contributed by atoms with Gasteiger partial charge in [0.25, 0.3) is 6.23 Å². The number of hydrogen-bond donors (Lipinski definition) is 9. The number of carboxylic acid groups (broad SMARTS) is 1. The van der Waals surface area contributed by atoms with E-state index in [0.717, 1.165) is 28.0 Å². The topological polar surface area (TPSA) is 359 Å². The highest BCUT2D eigenvalue weighted by atomic mass is 31.3. The largest absolute Gasteiger partial charge is 0.481 e. The van der Waals surface area contributed by atoms with Crippen molar-refractivity contribution in [1.29, 1.82) is 0 Å². The minimum atomic E-state index is -5.54. The zero-order chi connectivity index (χ0) is 35.2. The number of phosphoric ester groups is 3. The molecule has 0 spiro atoms. The lowest BCUT2D eigenvalue weighted by Crippen LogP contribution is -2.46. The molecular formula is C21H28N6O18P3+. The van der Waals surface area contributed by atoms with Crippen LogP contribution in [0.3, 0.4) is 0 Å². The summed E-state index contributed by atoms with van der Waals surface area (Å²) in [4.78, 5) is 61.9. The standard InChI is InChI=1S/C21H27N6O18P3/c22-17-12-18(24-7-23-17)27(8-25-12)20-16(44-46(33,34)35)14(29)11(43-20)6-41-48(38,39)45-47(36,37)40-5-10-13(28)15(30)19(42-10)26-3-1-2-9(4-26)21(31)32/h1-4,7-8,10-11,13-16,19-20,28-30H,5-6H2,(H6-,22,23,24,31,32,33,34,35,36,37,38,39)/p+1/t10-,11-,13-,14-,15?,16-,19-,20-/m1/s1. The number of nitrogen functional groups attached to an aromatic ring is 1. The minimum Gasteiger partial charge on any atom is -0.477 e. The maximum Gasteiger partial charge on any atom is 0.481 e. The number of carboxylic acids is 1. The summed E-state index contributed by atoms with van der Waals surface area (Å²) in [6.45, 7) is -2.07. The Morgan fingerprint density at radius 1 is 0.958 bits per heavy atom. The third-order valence-electron chi connectivity index (χ3n) is 6.94. The van der Waals surface area contributed by atoms with Crippen molar-refractivity contribution >= 4 is 46.4 Å². The molecule has 2 aliphatic heterocycles. The Balaban J connectivity index is 1.21. The van der Waals surface area contributed by atoms with Gasteiger partial charge in [-0.15, -0.1) is 0 Å². The fourth-order valence-corrected chi connectivity index (χ4v) is 7.45. The Morgan fingerprint density at radius 2 is 1.60 bits per heavy atom. The summed E-state index contributed by atoms with van der Waals surface area (Å²) >= 11 is 0. The SMILES string of the molecule is Nc1ncnc2c1ncn2[C@@H]1O[C@H](COP(=O)(O)OP(=O)(O)OC[C@H]2O[C@@H]([n+]3cccc(C(=O)O)c3)C(O)[C@@H]2O)[C@@H](O)[C@H]1OP(=O)(O)O.